The summed E-state index contributed by atoms with van der Waals surface area (Å²) in [6.45, 7) is 7.63. The van der Waals surface area contributed by atoms with Crippen LogP contribution in [0.25, 0.3) is 0 Å². The van der Waals surface area contributed by atoms with E-state index in [1.54, 1.807) is 0 Å². The van der Waals surface area contributed by atoms with Gasteiger partial charge in [0.05, 0.1) is 6.04 Å². The second-order valence-corrected chi connectivity index (χ2v) is 5.22. The first-order chi connectivity index (χ1) is 7.09. The van der Waals surface area contributed by atoms with Gasteiger partial charge >= 0.3 is 0 Å². The molecule has 2 rings (SSSR count). The van der Waals surface area contributed by atoms with Crippen LogP contribution in [0, 0.1) is 12.3 Å². The van der Waals surface area contributed by atoms with E-state index in [2.05, 4.69) is 25.2 Å². The predicted octanol–water partition coefficient (Wildman–Crippen LogP) is 3.43. The zero-order valence-electron chi connectivity index (χ0n) is 9.97. The average Bonchev–Trinajstić information content (AvgIpc) is 2.58. The Bertz CT molecular complexity index is 325. The quantitative estimate of drug-likeness (QED) is 0.818. The van der Waals surface area contributed by atoms with Crippen LogP contribution >= 0.6 is 0 Å². The normalized spacial score (nSPS) is 21.0. The highest BCUT2D eigenvalue weighted by Crippen LogP contribution is 2.39. The summed E-state index contributed by atoms with van der Waals surface area (Å²) >= 11 is 0. The zero-order valence-corrected chi connectivity index (χ0v) is 9.97. The molecule has 0 spiro atoms. The van der Waals surface area contributed by atoms with E-state index in [4.69, 9.17) is 4.42 Å². The van der Waals surface area contributed by atoms with Crippen molar-refractivity contribution in [3.05, 3.63) is 23.7 Å². The van der Waals surface area contributed by atoms with E-state index in [9.17, 15) is 0 Å². The van der Waals surface area contributed by atoms with Crippen molar-refractivity contribution in [3.8, 4) is 0 Å². The summed E-state index contributed by atoms with van der Waals surface area (Å²) in [6, 6.07) is 4.42. The molecule has 0 aliphatic heterocycles. The van der Waals surface area contributed by atoms with Gasteiger partial charge in [-0.25, -0.2) is 0 Å². The van der Waals surface area contributed by atoms with E-state index < -0.39 is 0 Å². The van der Waals surface area contributed by atoms with Gasteiger partial charge in [-0.3, -0.25) is 0 Å². The summed E-state index contributed by atoms with van der Waals surface area (Å²) in [7, 11) is 0. The first kappa shape index (κ1) is 10.7. The monoisotopic (exact) mass is 207 g/mol. The van der Waals surface area contributed by atoms with E-state index in [0.29, 0.717) is 11.5 Å². The van der Waals surface area contributed by atoms with E-state index in [0.717, 1.165) is 18.1 Å². The van der Waals surface area contributed by atoms with Gasteiger partial charge in [-0.05, 0) is 44.2 Å². The Morgan fingerprint density at radius 3 is 2.67 bits per heavy atom. The molecule has 1 aromatic rings. The third-order valence-corrected chi connectivity index (χ3v) is 3.58. The van der Waals surface area contributed by atoms with Crippen molar-refractivity contribution in [1.29, 1.82) is 0 Å². The molecule has 2 nitrogen and oxygen atoms in total. The lowest BCUT2D eigenvalue weighted by Crippen LogP contribution is -2.38. The van der Waals surface area contributed by atoms with Gasteiger partial charge < -0.3 is 9.73 Å². The fraction of sp³-hybridized carbons (Fsp3) is 0.692. The van der Waals surface area contributed by atoms with Crippen molar-refractivity contribution >= 4 is 0 Å². The Morgan fingerprint density at radius 2 is 2.20 bits per heavy atom. The minimum Gasteiger partial charge on any atom is -0.465 e. The highest BCUT2D eigenvalue weighted by atomic mass is 16.3. The zero-order chi connectivity index (χ0) is 10.9. The average molecular weight is 207 g/mol. The number of hydrogen-bond acceptors (Lipinski definition) is 2. The molecular weight excluding hydrogens is 186 g/mol. The summed E-state index contributed by atoms with van der Waals surface area (Å²) in [4.78, 5) is 0. The second-order valence-electron chi connectivity index (χ2n) is 5.22. The van der Waals surface area contributed by atoms with Gasteiger partial charge in [0.1, 0.15) is 11.5 Å². The lowest BCUT2D eigenvalue weighted by atomic mass is 9.70. The summed E-state index contributed by atoms with van der Waals surface area (Å²) in [5.74, 6) is 2.05. The Hall–Kier alpha value is -0.760. The minimum atomic E-state index is 0.330. The molecule has 1 saturated carbocycles. The van der Waals surface area contributed by atoms with Crippen LogP contribution < -0.4 is 5.32 Å². The molecule has 84 valence electrons. The Morgan fingerprint density at radius 1 is 1.47 bits per heavy atom. The largest absolute Gasteiger partial charge is 0.465 e. The molecule has 2 heteroatoms. The third kappa shape index (κ3) is 2.43. The van der Waals surface area contributed by atoms with Crippen LogP contribution in [-0.4, -0.2) is 6.54 Å². The Kier molecular flexibility index (Phi) is 2.87. The van der Waals surface area contributed by atoms with Crippen LogP contribution in [0.15, 0.2) is 16.5 Å². The molecule has 1 fully saturated rings. The molecule has 0 saturated heterocycles. The molecule has 1 heterocycles. The molecule has 1 atom stereocenters. The van der Waals surface area contributed by atoms with Gasteiger partial charge in [-0.2, -0.15) is 0 Å². The van der Waals surface area contributed by atoms with Crippen LogP contribution in [0.4, 0.5) is 0 Å². The smallest absolute Gasteiger partial charge is 0.120 e. The first-order valence-corrected chi connectivity index (χ1v) is 5.89. The fourth-order valence-corrected chi connectivity index (χ4v) is 2.14. The molecule has 0 amide bonds. The molecule has 1 aliphatic rings. The first-order valence-electron chi connectivity index (χ1n) is 5.89. The van der Waals surface area contributed by atoms with Gasteiger partial charge in [-0.15, -0.1) is 0 Å². The summed E-state index contributed by atoms with van der Waals surface area (Å²) < 4.78 is 5.60. The highest BCUT2D eigenvalue weighted by Gasteiger charge is 2.31. The van der Waals surface area contributed by atoms with Crippen LogP contribution in [-0.2, 0) is 0 Å². The van der Waals surface area contributed by atoms with E-state index in [1.165, 1.54) is 19.3 Å². The van der Waals surface area contributed by atoms with Gasteiger partial charge in [-0.1, -0.05) is 13.3 Å². The van der Waals surface area contributed by atoms with Crippen molar-refractivity contribution in [1.82, 2.24) is 5.32 Å². The molecule has 15 heavy (non-hydrogen) atoms. The van der Waals surface area contributed by atoms with Crippen LogP contribution in [0.1, 0.15) is 50.7 Å². The van der Waals surface area contributed by atoms with Crippen molar-refractivity contribution in [2.75, 3.05) is 6.54 Å². The number of furan rings is 1. The summed E-state index contributed by atoms with van der Waals surface area (Å²) in [5, 5.41) is 3.56. The van der Waals surface area contributed by atoms with Crippen molar-refractivity contribution in [2.45, 2.75) is 46.1 Å². The molecule has 1 aromatic heterocycles. The maximum absolute atomic E-state index is 5.60. The topological polar surface area (TPSA) is 25.2 Å². The fourth-order valence-electron chi connectivity index (χ4n) is 2.14. The maximum atomic E-state index is 5.60. The lowest BCUT2D eigenvalue weighted by molar-refractivity contribution is 0.150. The number of nitrogens with one attached hydrogen (secondary N) is 1. The Balaban J connectivity index is 1.84. The molecule has 1 N–H and O–H groups in total. The number of rotatable bonds is 4. The van der Waals surface area contributed by atoms with E-state index >= 15 is 0 Å². The molecule has 0 aromatic carbocycles. The molecule has 1 unspecified atom stereocenters. The van der Waals surface area contributed by atoms with E-state index in [1.807, 2.05) is 13.0 Å². The summed E-state index contributed by atoms with van der Waals surface area (Å²) in [5.41, 5.74) is 0.538. The summed E-state index contributed by atoms with van der Waals surface area (Å²) in [6.07, 6.45) is 4.13. The van der Waals surface area contributed by atoms with Crippen molar-refractivity contribution in [2.24, 2.45) is 5.41 Å². The van der Waals surface area contributed by atoms with Crippen molar-refractivity contribution in [3.63, 3.8) is 0 Å². The van der Waals surface area contributed by atoms with Crippen molar-refractivity contribution < 1.29 is 4.42 Å². The Labute approximate surface area is 92.1 Å². The lowest BCUT2D eigenvalue weighted by Gasteiger charge is -2.39. The number of hydrogen-bond donors (Lipinski definition) is 1. The maximum Gasteiger partial charge on any atom is 0.120 e. The molecule has 1 aliphatic carbocycles. The van der Waals surface area contributed by atoms with Gasteiger partial charge in [0, 0.05) is 6.54 Å². The van der Waals surface area contributed by atoms with Crippen LogP contribution in [0.2, 0.25) is 0 Å². The molecule has 0 bridgehead atoms. The highest BCUT2D eigenvalue weighted by molar-refractivity contribution is 5.09. The van der Waals surface area contributed by atoms with Crippen LogP contribution in [0.3, 0.4) is 0 Å². The van der Waals surface area contributed by atoms with Crippen LogP contribution in [0.5, 0.6) is 0 Å². The second kappa shape index (κ2) is 4.01. The molecule has 0 radical (unpaired) electrons. The third-order valence-electron chi connectivity index (χ3n) is 3.58. The van der Waals surface area contributed by atoms with Gasteiger partial charge in [0.2, 0.25) is 0 Å². The SMILES string of the molecule is Cc1ccc(C(C)NCC2(C)CCC2)o1. The minimum absolute atomic E-state index is 0.330. The van der Waals surface area contributed by atoms with E-state index in [-0.39, 0.29) is 0 Å². The van der Waals surface area contributed by atoms with Gasteiger partial charge in [0.25, 0.3) is 0 Å². The van der Waals surface area contributed by atoms with Gasteiger partial charge in [0.15, 0.2) is 0 Å². The predicted molar refractivity (Wildman–Crippen MR) is 61.8 cm³/mol. The number of aryl methyl sites for hydroxylation is 1. The standard InChI is InChI=1S/C13H21NO/c1-10-5-6-12(15-10)11(2)14-9-13(3)7-4-8-13/h5-6,11,14H,4,7-9H2,1-3H3. The molecular formula is C13H21NO.